The second-order valence-electron chi connectivity index (χ2n) is 8.49. The van der Waals surface area contributed by atoms with Gasteiger partial charge in [0.2, 0.25) is 5.88 Å². The second-order valence-corrected chi connectivity index (χ2v) is 8.49. The Morgan fingerprint density at radius 3 is 2.24 bits per heavy atom. The third kappa shape index (κ3) is 5.77. The molecule has 0 saturated carbocycles. The van der Waals surface area contributed by atoms with Crippen molar-refractivity contribution in [3.8, 4) is 11.6 Å². The molecule has 0 radical (unpaired) electrons. The van der Waals surface area contributed by atoms with E-state index in [-0.39, 0.29) is 11.8 Å². The highest BCUT2D eigenvalue weighted by atomic mass is 16.5. The Kier molecular flexibility index (Phi) is 7.03. The van der Waals surface area contributed by atoms with Gasteiger partial charge in [-0.15, -0.1) is 0 Å². The fraction of sp³-hybridized carbons (Fsp3) is 0.296. The molecule has 1 fully saturated rings. The number of hydrogen-bond donors (Lipinski definition) is 1. The summed E-state index contributed by atoms with van der Waals surface area (Å²) in [6, 6.07) is 18.1. The number of carbonyl (C=O) groups excluding carboxylic acids is 2. The van der Waals surface area contributed by atoms with Crippen LogP contribution in [-0.2, 0) is 6.42 Å². The van der Waals surface area contributed by atoms with E-state index in [1.54, 1.807) is 42.6 Å². The molecule has 1 aliphatic rings. The van der Waals surface area contributed by atoms with Gasteiger partial charge in [0.15, 0.2) is 0 Å². The van der Waals surface area contributed by atoms with Crippen LogP contribution in [0.3, 0.4) is 0 Å². The number of aryl methyl sites for hydroxylation is 1. The van der Waals surface area contributed by atoms with Gasteiger partial charge in [-0.3, -0.25) is 9.59 Å². The van der Waals surface area contributed by atoms with E-state index in [1.807, 2.05) is 29.2 Å². The number of aromatic nitrogens is 1. The van der Waals surface area contributed by atoms with Gasteiger partial charge in [0.25, 0.3) is 11.8 Å². The Morgan fingerprint density at radius 2 is 1.64 bits per heavy atom. The molecule has 1 aromatic heterocycles. The van der Waals surface area contributed by atoms with Crippen molar-refractivity contribution in [2.45, 2.75) is 33.1 Å². The lowest BCUT2D eigenvalue weighted by molar-refractivity contribution is 0.0697. The monoisotopic (exact) mass is 443 g/mol. The Morgan fingerprint density at radius 1 is 0.970 bits per heavy atom. The summed E-state index contributed by atoms with van der Waals surface area (Å²) in [6.45, 7) is 5.94. The SMILES string of the molecule is CCc1ccc(C(=O)Nc2ccc(Oc3ccc(C(=O)N4CCC(C)CC4)cc3)nc2)cc1. The van der Waals surface area contributed by atoms with Crippen LogP contribution in [0.2, 0.25) is 0 Å². The molecule has 33 heavy (non-hydrogen) atoms. The first-order chi connectivity index (χ1) is 16.0. The van der Waals surface area contributed by atoms with Crippen LogP contribution in [0.25, 0.3) is 0 Å². The molecule has 0 unspecified atom stereocenters. The summed E-state index contributed by atoms with van der Waals surface area (Å²) in [7, 11) is 0. The van der Waals surface area contributed by atoms with Crippen LogP contribution in [0.4, 0.5) is 5.69 Å². The van der Waals surface area contributed by atoms with Gasteiger partial charge in [-0.25, -0.2) is 4.98 Å². The summed E-state index contributed by atoms with van der Waals surface area (Å²) in [5.74, 6) is 1.57. The first-order valence-corrected chi connectivity index (χ1v) is 11.5. The Bertz CT molecular complexity index is 1080. The van der Waals surface area contributed by atoms with Crippen molar-refractivity contribution in [3.05, 3.63) is 83.6 Å². The smallest absolute Gasteiger partial charge is 0.255 e. The van der Waals surface area contributed by atoms with Crippen LogP contribution >= 0.6 is 0 Å². The molecule has 1 saturated heterocycles. The van der Waals surface area contributed by atoms with Crippen molar-refractivity contribution >= 4 is 17.5 Å². The molecule has 0 bridgehead atoms. The van der Waals surface area contributed by atoms with E-state index in [4.69, 9.17) is 4.74 Å². The van der Waals surface area contributed by atoms with Gasteiger partial charge in [0, 0.05) is 30.3 Å². The van der Waals surface area contributed by atoms with Gasteiger partial charge in [0.05, 0.1) is 11.9 Å². The van der Waals surface area contributed by atoms with Gasteiger partial charge >= 0.3 is 0 Å². The molecular formula is C27H29N3O3. The summed E-state index contributed by atoms with van der Waals surface area (Å²) in [5.41, 5.74) is 3.04. The number of nitrogens with zero attached hydrogens (tertiary/aromatic N) is 2. The molecule has 2 aromatic carbocycles. The molecule has 2 heterocycles. The zero-order valence-corrected chi connectivity index (χ0v) is 19.1. The standard InChI is InChI=1S/C27H29N3O3/c1-3-20-4-6-21(7-5-20)26(31)29-23-10-13-25(28-18-23)33-24-11-8-22(9-12-24)27(32)30-16-14-19(2)15-17-30/h4-13,18-19H,3,14-17H2,1-2H3,(H,29,31). The van der Waals surface area contributed by atoms with Crippen molar-refractivity contribution in [2.75, 3.05) is 18.4 Å². The molecule has 4 rings (SSSR count). The summed E-state index contributed by atoms with van der Waals surface area (Å²) in [5, 5.41) is 2.84. The van der Waals surface area contributed by atoms with Crippen LogP contribution in [-0.4, -0.2) is 34.8 Å². The molecule has 0 aliphatic carbocycles. The molecule has 170 valence electrons. The van der Waals surface area contributed by atoms with Crippen molar-refractivity contribution in [3.63, 3.8) is 0 Å². The topological polar surface area (TPSA) is 71.5 Å². The zero-order chi connectivity index (χ0) is 23.2. The van der Waals surface area contributed by atoms with E-state index in [0.29, 0.717) is 34.4 Å². The van der Waals surface area contributed by atoms with Gasteiger partial charge in [-0.2, -0.15) is 0 Å². The molecule has 6 heteroatoms. The number of nitrogens with one attached hydrogen (secondary N) is 1. The summed E-state index contributed by atoms with van der Waals surface area (Å²) in [6.07, 6.45) is 4.60. The first kappa shape index (κ1) is 22.5. The highest BCUT2D eigenvalue weighted by molar-refractivity contribution is 6.04. The van der Waals surface area contributed by atoms with Crippen molar-refractivity contribution in [1.82, 2.24) is 9.88 Å². The van der Waals surface area contributed by atoms with Crippen LogP contribution in [0.5, 0.6) is 11.6 Å². The van der Waals surface area contributed by atoms with Crippen LogP contribution in [0.15, 0.2) is 66.9 Å². The van der Waals surface area contributed by atoms with E-state index in [2.05, 4.69) is 24.1 Å². The number of likely N-dealkylation sites (tertiary alicyclic amines) is 1. The molecule has 3 aromatic rings. The molecule has 2 amide bonds. The van der Waals surface area contributed by atoms with E-state index in [9.17, 15) is 9.59 Å². The van der Waals surface area contributed by atoms with Gasteiger partial charge in [-0.05, 0) is 73.2 Å². The summed E-state index contributed by atoms with van der Waals surface area (Å²) >= 11 is 0. The van der Waals surface area contributed by atoms with Crippen LogP contribution < -0.4 is 10.1 Å². The fourth-order valence-corrected chi connectivity index (χ4v) is 3.79. The first-order valence-electron chi connectivity index (χ1n) is 11.5. The number of amides is 2. The fourth-order valence-electron chi connectivity index (χ4n) is 3.79. The highest BCUT2D eigenvalue weighted by Gasteiger charge is 2.21. The number of piperidine rings is 1. The molecule has 6 nitrogen and oxygen atoms in total. The molecular weight excluding hydrogens is 414 g/mol. The third-order valence-corrected chi connectivity index (χ3v) is 6.01. The number of pyridine rings is 1. The van der Waals surface area contributed by atoms with Crippen molar-refractivity contribution < 1.29 is 14.3 Å². The average molecular weight is 444 g/mol. The van der Waals surface area contributed by atoms with E-state index in [0.717, 1.165) is 32.4 Å². The number of carbonyl (C=O) groups is 2. The lowest BCUT2D eigenvalue weighted by Gasteiger charge is -2.30. The lowest BCUT2D eigenvalue weighted by atomic mass is 9.98. The lowest BCUT2D eigenvalue weighted by Crippen LogP contribution is -2.37. The largest absolute Gasteiger partial charge is 0.439 e. The molecule has 1 aliphatic heterocycles. The van der Waals surface area contributed by atoms with Gasteiger partial charge in [0.1, 0.15) is 5.75 Å². The van der Waals surface area contributed by atoms with E-state index >= 15 is 0 Å². The predicted molar refractivity (Wildman–Crippen MR) is 129 cm³/mol. The number of hydrogen-bond acceptors (Lipinski definition) is 4. The van der Waals surface area contributed by atoms with Gasteiger partial charge < -0.3 is 15.0 Å². The maximum atomic E-state index is 12.7. The van der Waals surface area contributed by atoms with Gasteiger partial charge in [-0.1, -0.05) is 26.0 Å². The Labute approximate surface area is 194 Å². The van der Waals surface area contributed by atoms with E-state index < -0.39 is 0 Å². The minimum absolute atomic E-state index is 0.0657. The Balaban J connectivity index is 1.33. The maximum Gasteiger partial charge on any atom is 0.255 e. The quantitative estimate of drug-likeness (QED) is 0.541. The number of rotatable bonds is 6. The zero-order valence-electron chi connectivity index (χ0n) is 19.1. The molecule has 0 atom stereocenters. The number of anilines is 1. The van der Waals surface area contributed by atoms with E-state index in [1.165, 1.54) is 5.56 Å². The minimum Gasteiger partial charge on any atom is -0.439 e. The number of benzene rings is 2. The molecule has 0 spiro atoms. The Hall–Kier alpha value is -3.67. The van der Waals surface area contributed by atoms with Crippen LogP contribution in [0.1, 0.15) is 53.0 Å². The minimum atomic E-state index is -0.184. The third-order valence-electron chi connectivity index (χ3n) is 6.01. The molecule has 1 N–H and O–H groups in total. The number of ether oxygens (including phenoxy) is 1. The van der Waals surface area contributed by atoms with Crippen molar-refractivity contribution in [1.29, 1.82) is 0 Å². The average Bonchev–Trinajstić information content (AvgIpc) is 2.86. The predicted octanol–water partition coefficient (Wildman–Crippen LogP) is 5.56. The van der Waals surface area contributed by atoms with Crippen molar-refractivity contribution in [2.24, 2.45) is 5.92 Å². The summed E-state index contributed by atoms with van der Waals surface area (Å²) in [4.78, 5) is 31.3. The highest BCUT2D eigenvalue weighted by Crippen LogP contribution is 2.23. The normalized spacial score (nSPS) is 14.1. The second kappa shape index (κ2) is 10.3. The maximum absolute atomic E-state index is 12.7. The van der Waals surface area contributed by atoms with Crippen LogP contribution in [0, 0.1) is 5.92 Å². The summed E-state index contributed by atoms with van der Waals surface area (Å²) < 4.78 is 5.79.